The van der Waals surface area contributed by atoms with Crippen LogP contribution in [0.25, 0.3) is 6.08 Å². The maximum atomic E-state index is 11.9. The fourth-order valence-electron chi connectivity index (χ4n) is 1.53. The van der Waals surface area contributed by atoms with E-state index in [1.807, 2.05) is 36.4 Å². The molecule has 1 N–H and O–H groups in total. The Morgan fingerprint density at radius 2 is 1.95 bits per heavy atom. The monoisotopic (exact) mass is 272 g/mol. The first kappa shape index (κ1) is 13.3. The van der Waals surface area contributed by atoms with Gasteiger partial charge in [0.15, 0.2) is 0 Å². The molecular formula is C15H13ClN2O. The van der Waals surface area contributed by atoms with E-state index in [0.29, 0.717) is 16.4 Å². The fraction of sp³-hybridized carbons (Fsp3) is 0.0667. The third kappa shape index (κ3) is 3.93. The molecule has 0 saturated carbocycles. The van der Waals surface area contributed by atoms with E-state index < -0.39 is 0 Å². The molecule has 0 spiro atoms. The lowest BCUT2D eigenvalue weighted by molar-refractivity contribution is -0.112. The van der Waals surface area contributed by atoms with Gasteiger partial charge in [-0.2, -0.15) is 0 Å². The number of halogens is 1. The van der Waals surface area contributed by atoms with Gasteiger partial charge in [-0.3, -0.25) is 4.79 Å². The highest BCUT2D eigenvalue weighted by Crippen LogP contribution is 2.12. The average Bonchev–Trinajstić information content (AvgIpc) is 2.42. The highest BCUT2D eigenvalue weighted by molar-refractivity contribution is 6.30. The number of anilines is 1. The molecule has 4 heteroatoms. The first-order valence-corrected chi connectivity index (χ1v) is 6.19. The number of amides is 1. The normalized spacial score (nSPS) is 11.2. The Balaban J connectivity index is 2.07. The van der Waals surface area contributed by atoms with Crippen LogP contribution in [0.2, 0.25) is 5.02 Å². The van der Waals surface area contributed by atoms with Crippen molar-refractivity contribution in [1.29, 1.82) is 0 Å². The summed E-state index contributed by atoms with van der Waals surface area (Å²) >= 11 is 5.73. The van der Waals surface area contributed by atoms with Crippen LogP contribution in [0.5, 0.6) is 0 Å². The highest BCUT2D eigenvalue weighted by Gasteiger charge is 2.05. The van der Waals surface area contributed by atoms with Crippen molar-refractivity contribution in [2.24, 2.45) is 0 Å². The average molecular weight is 273 g/mol. The van der Waals surface area contributed by atoms with Crippen LogP contribution in [-0.4, -0.2) is 10.9 Å². The topological polar surface area (TPSA) is 42.0 Å². The largest absolute Gasteiger partial charge is 0.307 e. The molecule has 1 aromatic heterocycles. The lowest BCUT2D eigenvalue weighted by atomic mass is 10.1. The van der Waals surface area contributed by atoms with E-state index in [-0.39, 0.29) is 5.91 Å². The van der Waals surface area contributed by atoms with Gasteiger partial charge in [-0.05, 0) is 30.7 Å². The van der Waals surface area contributed by atoms with E-state index in [2.05, 4.69) is 10.3 Å². The lowest BCUT2D eigenvalue weighted by Crippen LogP contribution is -2.13. The van der Waals surface area contributed by atoms with Crippen molar-refractivity contribution in [3.05, 3.63) is 64.8 Å². The summed E-state index contributed by atoms with van der Waals surface area (Å²) in [5.41, 5.74) is 1.60. The second-order valence-corrected chi connectivity index (χ2v) is 4.49. The number of nitrogens with one attached hydrogen (secondary N) is 1. The van der Waals surface area contributed by atoms with Crippen LogP contribution in [-0.2, 0) is 4.79 Å². The number of hydrogen-bond acceptors (Lipinski definition) is 2. The van der Waals surface area contributed by atoms with E-state index in [9.17, 15) is 4.79 Å². The molecule has 0 saturated heterocycles. The number of carbonyl (C=O) groups is 1. The zero-order chi connectivity index (χ0) is 13.7. The second-order valence-electron chi connectivity index (χ2n) is 4.05. The summed E-state index contributed by atoms with van der Waals surface area (Å²) < 4.78 is 0. The number of pyridine rings is 1. The molecule has 1 amide bonds. The Hall–Kier alpha value is -2.13. The molecule has 0 aliphatic rings. The molecular weight excluding hydrogens is 260 g/mol. The van der Waals surface area contributed by atoms with Crippen molar-refractivity contribution in [1.82, 2.24) is 4.98 Å². The van der Waals surface area contributed by atoms with Gasteiger partial charge >= 0.3 is 0 Å². The van der Waals surface area contributed by atoms with Crippen molar-refractivity contribution in [2.75, 3.05) is 5.32 Å². The standard InChI is InChI=1S/C15H13ClN2O/c1-11(9-12-5-3-2-4-6-12)15(19)18-14-8-7-13(16)10-17-14/h2-10H,1H3,(H,17,18,19). The number of carbonyl (C=O) groups excluding carboxylic acids is 1. The van der Waals surface area contributed by atoms with Gasteiger partial charge in [0.25, 0.3) is 5.91 Å². The van der Waals surface area contributed by atoms with E-state index in [1.165, 1.54) is 6.20 Å². The zero-order valence-electron chi connectivity index (χ0n) is 10.4. The first-order chi connectivity index (χ1) is 9.15. The van der Waals surface area contributed by atoms with Gasteiger partial charge in [0.2, 0.25) is 0 Å². The molecule has 2 rings (SSSR count). The first-order valence-electron chi connectivity index (χ1n) is 5.81. The molecule has 0 fully saturated rings. The van der Waals surface area contributed by atoms with Crippen molar-refractivity contribution >= 4 is 29.4 Å². The molecule has 0 aliphatic heterocycles. The second kappa shape index (κ2) is 6.16. The Morgan fingerprint density at radius 1 is 1.21 bits per heavy atom. The van der Waals surface area contributed by atoms with Crippen molar-refractivity contribution < 1.29 is 4.79 Å². The van der Waals surface area contributed by atoms with Crippen molar-refractivity contribution in [3.63, 3.8) is 0 Å². The summed E-state index contributed by atoms with van der Waals surface area (Å²) in [4.78, 5) is 16.0. The molecule has 0 radical (unpaired) electrons. The minimum Gasteiger partial charge on any atom is -0.307 e. The molecule has 1 heterocycles. The maximum Gasteiger partial charge on any atom is 0.252 e. The third-order valence-corrected chi connectivity index (χ3v) is 2.73. The quantitative estimate of drug-likeness (QED) is 0.864. The van der Waals surface area contributed by atoms with Gasteiger partial charge < -0.3 is 5.32 Å². The van der Waals surface area contributed by atoms with Gasteiger partial charge in [-0.15, -0.1) is 0 Å². The highest BCUT2D eigenvalue weighted by atomic mass is 35.5. The van der Waals surface area contributed by atoms with Crippen LogP contribution < -0.4 is 5.32 Å². The van der Waals surface area contributed by atoms with E-state index in [0.717, 1.165) is 5.56 Å². The summed E-state index contributed by atoms with van der Waals surface area (Å²) in [5.74, 6) is 0.300. The predicted molar refractivity (Wildman–Crippen MR) is 78.0 cm³/mol. The number of nitrogens with zero attached hydrogens (tertiary/aromatic N) is 1. The van der Waals surface area contributed by atoms with E-state index in [1.54, 1.807) is 19.1 Å². The van der Waals surface area contributed by atoms with Crippen molar-refractivity contribution in [2.45, 2.75) is 6.92 Å². The summed E-state index contributed by atoms with van der Waals surface area (Å²) in [6, 6.07) is 13.0. The summed E-state index contributed by atoms with van der Waals surface area (Å²) in [6.45, 7) is 1.76. The molecule has 0 unspecified atom stereocenters. The smallest absolute Gasteiger partial charge is 0.252 e. The van der Waals surface area contributed by atoms with Gasteiger partial charge in [0.1, 0.15) is 5.82 Å². The van der Waals surface area contributed by atoms with Crippen LogP contribution in [0.15, 0.2) is 54.2 Å². The van der Waals surface area contributed by atoms with E-state index >= 15 is 0 Å². The zero-order valence-corrected chi connectivity index (χ0v) is 11.2. The molecule has 3 nitrogen and oxygen atoms in total. The van der Waals surface area contributed by atoms with E-state index in [4.69, 9.17) is 11.6 Å². The summed E-state index contributed by atoms with van der Waals surface area (Å²) in [6.07, 6.45) is 3.32. The molecule has 0 aliphatic carbocycles. The number of hydrogen-bond donors (Lipinski definition) is 1. The Kier molecular flexibility index (Phi) is 4.31. The SMILES string of the molecule is CC(=Cc1ccccc1)C(=O)Nc1ccc(Cl)cn1. The summed E-state index contributed by atoms with van der Waals surface area (Å²) in [7, 11) is 0. The van der Waals surface area contributed by atoms with Crippen molar-refractivity contribution in [3.8, 4) is 0 Å². The molecule has 0 atom stereocenters. The molecule has 1 aromatic carbocycles. The predicted octanol–water partition coefficient (Wildman–Crippen LogP) is 3.78. The number of rotatable bonds is 3. The van der Waals surface area contributed by atoms with Gasteiger partial charge in [-0.25, -0.2) is 4.98 Å². The molecule has 96 valence electrons. The van der Waals surface area contributed by atoms with Crippen LogP contribution in [0.4, 0.5) is 5.82 Å². The Bertz CT molecular complexity index is 591. The third-order valence-electron chi connectivity index (χ3n) is 2.51. The minimum atomic E-state index is -0.182. The van der Waals surface area contributed by atoms with Crippen LogP contribution in [0, 0.1) is 0 Å². The molecule has 2 aromatic rings. The fourth-order valence-corrected chi connectivity index (χ4v) is 1.64. The molecule has 0 bridgehead atoms. The summed E-state index contributed by atoms with van der Waals surface area (Å²) in [5, 5.41) is 3.25. The van der Waals surface area contributed by atoms with Crippen LogP contribution in [0.1, 0.15) is 12.5 Å². The molecule has 19 heavy (non-hydrogen) atoms. The van der Waals surface area contributed by atoms with Gasteiger partial charge in [0, 0.05) is 11.8 Å². The minimum absolute atomic E-state index is 0.182. The maximum absolute atomic E-state index is 11.9. The Labute approximate surface area is 116 Å². The van der Waals surface area contributed by atoms with Crippen LogP contribution >= 0.6 is 11.6 Å². The number of aromatic nitrogens is 1. The Morgan fingerprint density at radius 3 is 2.58 bits per heavy atom. The lowest BCUT2D eigenvalue weighted by Gasteiger charge is -2.04. The van der Waals surface area contributed by atoms with Gasteiger partial charge in [0.05, 0.1) is 5.02 Å². The van der Waals surface area contributed by atoms with Crippen LogP contribution in [0.3, 0.4) is 0 Å². The number of benzene rings is 1. The van der Waals surface area contributed by atoms with Gasteiger partial charge in [-0.1, -0.05) is 41.9 Å².